The average Bonchev–Trinajstić information content (AvgIpc) is 2.33. The van der Waals surface area contributed by atoms with E-state index in [0.717, 1.165) is 18.4 Å². The molecule has 0 saturated carbocycles. The van der Waals surface area contributed by atoms with E-state index in [0.29, 0.717) is 5.82 Å². The van der Waals surface area contributed by atoms with Gasteiger partial charge in [0.2, 0.25) is 0 Å². The molecule has 0 saturated heterocycles. The maximum Gasteiger partial charge on any atom is 0.152 e. The van der Waals surface area contributed by atoms with Gasteiger partial charge in [0, 0.05) is 11.3 Å². The molecule has 1 aliphatic rings. The van der Waals surface area contributed by atoms with Crippen molar-refractivity contribution in [3.8, 4) is 0 Å². The average molecular weight is 149 g/mol. The highest BCUT2D eigenvalue weighted by Crippen LogP contribution is 2.25. The van der Waals surface area contributed by atoms with Crippen molar-refractivity contribution in [2.45, 2.75) is 19.8 Å². The topological polar surface area (TPSA) is 54.7 Å². The minimum Gasteiger partial charge on any atom is -0.382 e. The highest BCUT2D eigenvalue weighted by Gasteiger charge is 2.12. The summed E-state index contributed by atoms with van der Waals surface area (Å²) in [6.45, 7) is 2.12. The number of hydrogen-bond donors (Lipinski definition) is 2. The van der Waals surface area contributed by atoms with Crippen molar-refractivity contribution in [2.75, 3.05) is 5.73 Å². The molecule has 2 rings (SSSR count). The zero-order valence-electron chi connectivity index (χ0n) is 6.52. The van der Waals surface area contributed by atoms with Crippen LogP contribution in [0, 0.1) is 0 Å². The van der Waals surface area contributed by atoms with Crippen molar-refractivity contribution in [1.29, 1.82) is 0 Å². The van der Waals surface area contributed by atoms with E-state index in [-0.39, 0.29) is 0 Å². The normalized spacial score (nSPS) is 15.9. The number of allylic oxidation sites excluding steroid dienone is 1. The summed E-state index contributed by atoms with van der Waals surface area (Å²) < 4.78 is 0. The Morgan fingerprint density at radius 1 is 1.55 bits per heavy atom. The molecule has 0 bridgehead atoms. The van der Waals surface area contributed by atoms with Crippen molar-refractivity contribution >= 4 is 11.9 Å². The second kappa shape index (κ2) is 2.12. The molecule has 1 heterocycles. The number of aromatic nitrogens is 2. The van der Waals surface area contributed by atoms with E-state index >= 15 is 0 Å². The number of nitrogen functional groups attached to an aromatic ring is 1. The molecule has 1 aromatic rings. The van der Waals surface area contributed by atoms with Crippen molar-refractivity contribution in [2.24, 2.45) is 0 Å². The number of nitrogens with zero attached hydrogens (tertiary/aromatic N) is 1. The first-order valence-electron chi connectivity index (χ1n) is 3.77. The molecule has 1 aromatic heterocycles. The van der Waals surface area contributed by atoms with Gasteiger partial charge in [0.05, 0.1) is 0 Å². The van der Waals surface area contributed by atoms with Gasteiger partial charge in [-0.3, -0.25) is 5.10 Å². The summed E-state index contributed by atoms with van der Waals surface area (Å²) in [6.07, 6.45) is 4.27. The van der Waals surface area contributed by atoms with Gasteiger partial charge in [0.15, 0.2) is 5.82 Å². The highest BCUT2D eigenvalue weighted by molar-refractivity contribution is 5.66. The fourth-order valence-electron chi connectivity index (χ4n) is 1.40. The Morgan fingerprint density at radius 2 is 2.36 bits per heavy atom. The van der Waals surface area contributed by atoms with Crippen LogP contribution in [-0.2, 0) is 6.42 Å². The second-order valence-electron chi connectivity index (χ2n) is 2.99. The Hall–Kier alpha value is -1.25. The van der Waals surface area contributed by atoms with Crippen molar-refractivity contribution in [1.82, 2.24) is 10.2 Å². The number of fused-ring (bicyclic) bond motifs is 1. The number of H-pyrrole nitrogens is 1. The minimum atomic E-state index is 0.624. The Morgan fingerprint density at radius 3 is 3.18 bits per heavy atom. The summed E-state index contributed by atoms with van der Waals surface area (Å²) in [6, 6.07) is 0. The first kappa shape index (κ1) is 6.46. The van der Waals surface area contributed by atoms with Crippen LogP contribution in [-0.4, -0.2) is 10.2 Å². The van der Waals surface area contributed by atoms with Gasteiger partial charge in [-0.05, 0) is 19.8 Å². The van der Waals surface area contributed by atoms with Crippen LogP contribution in [0.1, 0.15) is 24.6 Å². The van der Waals surface area contributed by atoms with Crippen molar-refractivity contribution < 1.29 is 0 Å². The zero-order valence-corrected chi connectivity index (χ0v) is 6.52. The first-order chi connectivity index (χ1) is 5.27. The molecule has 3 heteroatoms. The van der Waals surface area contributed by atoms with Crippen LogP contribution >= 0.6 is 0 Å². The largest absolute Gasteiger partial charge is 0.382 e. The monoisotopic (exact) mass is 149 g/mol. The molecule has 0 unspecified atom stereocenters. The van der Waals surface area contributed by atoms with E-state index in [4.69, 9.17) is 5.73 Å². The van der Waals surface area contributed by atoms with E-state index in [9.17, 15) is 0 Å². The van der Waals surface area contributed by atoms with E-state index in [1.807, 2.05) is 0 Å². The molecular weight excluding hydrogens is 138 g/mol. The molecule has 0 radical (unpaired) electrons. The van der Waals surface area contributed by atoms with Crippen LogP contribution in [0.15, 0.2) is 5.57 Å². The molecule has 3 N–H and O–H groups in total. The molecule has 0 aliphatic heterocycles. The van der Waals surface area contributed by atoms with Gasteiger partial charge in [-0.15, -0.1) is 0 Å². The third-order valence-electron chi connectivity index (χ3n) is 2.07. The molecule has 11 heavy (non-hydrogen) atoms. The van der Waals surface area contributed by atoms with Crippen molar-refractivity contribution in [3.05, 3.63) is 16.8 Å². The molecular formula is C8H11N3. The van der Waals surface area contributed by atoms with Crippen LogP contribution in [0.5, 0.6) is 0 Å². The van der Waals surface area contributed by atoms with E-state index in [2.05, 4.69) is 23.2 Å². The van der Waals surface area contributed by atoms with Crippen molar-refractivity contribution in [3.63, 3.8) is 0 Å². The van der Waals surface area contributed by atoms with E-state index < -0.39 is 0 Å². The number of rotatable bonds is 0. The van der Waals surface area contributed by atoms with Gasteiger partial charge in [-0.2, -0.15) is 5.10 Å². The fourth-order valence-corrected chi connectivity index (χ4v) is 1.40. The quantitative estimate of drug-likeness (QED) is 0.584. The summed E-state index contributed by atoms with van der Waals surface area (Å²) >= 11 is 0. The molecule has 3 nitrogen and oxygen atoms in total. The van der Waals surface area contributed by atoms with Gasteiger partial charge in [0.25, 0.3) is 0 Å². The summed E-state index contributed by atoms with van der Waals surface area (Å²) in [7, 11) is 0. The summed E-state index contributed by atoms with van der Waals surface area (Å²) in [5, 5.41) is 6.87. The van der Waals surface area contributed by atoms with Crippen LogP contribution in [0.4, 0.5) is 5.82 Å². The third-order valence-corrected chi connectivity index (χ3v) is 2.07. The number of nitrogens with two attached hydrogens (primary N) is 1. The Kier molecular flexibility index (Phi) is 1.24. The predicted molar refractivity (Wildman–Crippen MR) is 45.0 cm³/mol. The lowest BCUT2D eigenvalue weighted by Crippen LogP contribution is -1.97. The van der Waals surface area contributed by atoms with E-state index in [1.54, 1.807) is 0 Å². The second-order valence-corrected chi connectivity index (χ2v) is 2.99. The molecule has 0 spiro atoms. The van der Waals surface area contributed by atoms with Gasteiger partial charge in [0.1, 0.15) is 0 Å². The lowest BCUT2D eigenvalue weighted by molar-refractivity contribution is 0.873. The zero-order chi connectivity index (χ0) is 7.84. The Labute approximate surface area is 65.3 Å². The maximum atomic E-state index is 5.64. The number of hydrogen-bond acceptors (Lipinski definition) is 2. The molecule has 0 amide bonds. The molecule has 0 aromatic carbocycles. The Balaban J connectivity index is 2.55. The Bertz CT molecular complexity index is 309. The lowest BCUT2D eigenvalue weighted by Gasteiger charge is -2.07. The SMILES string of the molecule is CC1=Cc2c(N)n[nH]c2CC1. The smallest absolute Gasteiger partial charge is 0.152 e. The number of aryl methyl sites for hydroxylation is 1. The number of aromatic amines is 1. The molecule has 58 valence electrons. The summed E-state index contributed by atoms with van der Waals surface area (Å²) in [4.78, 5) is 0. The van der Waals surface area contributed by atoms with Gasteiger partial charge in [-0.25, -0.2) is 0 Å². The van der Waals surface area contributed by atoms with Crippen LogP contribution in [0.3, 0.4) is 0 Å². The maximum absolute atomic E-state index is 5.64. The molecule has 0 atom stereocenters. The summed E-state index contributed by atoms with van der Waals surface area (Å²) in [5.41, 5.74) is 9.28. The standard InChI is InChI=1S/C8H11N3/c1-5-2-3-7-6(4-5)8(9)11-10-7/h4H,2-3H2,1H3,(H3,9,10,11). The number of nitrogens with one attached hydrogen (secondary N) is 1. The number of anilines is 1. The first-order valence-corrected chi connectivity index (χ1v) is 3.77. The van der Waals surface area contributed by atoms with Crippen LogP contribution in [0.25, 0.3) is 6.08 Å². The third kappa shape index (κ3) is 0.926. The summed E-state index contributed by atoms with van der Waals surface area (Å²) in [5.74, 6) is 0.624. The van der Waals surface area contributed by atoms with E-state index in [1.165, 1.54) is 11.3 Å². The van der Waals surface area contributed by atoms with Gasteiger partial charge >= 0.3 is 0 Å². The highest BCUT2D eigenvalue weighted by atomic mass is 15.2. The lowest BCUT2D eigenvalue weighted by atomic mass is 9.99. The fraction of sp³-hybridized carbons (Fsp3) is 0.375. The van der Waals surface area contributed by atoms with Crippen LogP contribution < -0.4 is 5.73 Å². The minimum absolute atomic E-state index is 0.624. The molecule has 0 fully saturated rings. The predicted octanol–water partition coefficient (Wildman–Crippen LogP) is 1.34. The van der Waals surface area contributed by atoms with Gasteiger partial charge < -0.3 is 5.73 Å². The molecule has 1 aliphatic carbocycles. The van der Waals surface area contributed by atoms with Gasteiger partial charge in [-0.1, -0.05) is 11.6 Å². The van der Waals surface area contributed by atoms with Crippen LogP contribution in [0.2, 0.25) is 0 Å².